The SMILES string of the molecule is Cc1cccc(NCC(=O)NC(C)c2cccs2)c1. The quantitative estimate of drug-likeness (QED) is 0.878. The number of thiophene rings is 1. The third kappa shape index (κ3) is 4.10. The molecule has 4 heteroatoms. The molecule has 3 nitrogen and oxygen atoms in total. The van der Waals surface area contributed by atoms with Gasteiger partial charge in [-0.15, -0.1) is 11.3 Å². The van der Waals surface area contributed by atoms with E-state index in [0.717, 1.165) is 5.69 Å². The summed E-state index contributed by atoms with van der Waals surface area (Å²) in [5.41, 5.74) is 2.15. The van der Waals surface area contributed by atoms with E-state index in [1.165, 1.54) is 10.4 Å². The van der Waals surface area contributed by atoms with E-state index in [4.69, 9.17) is 0 Å². The number of carbonyl (C=O) groups excluding carboxylic acids is 1. The molecule has 19 heavy (non-hydrogen) atoms. The molecule has 1 heterocycles. The molecule has 0 fully saturated rings. The zero-order valence-corrected chi connectivity index (χ0v) is 12.0. The van der Waals surface area contributed by atoms with Crippen molar-refractivity contribution in [1.29, 1.82) is 0 Å². The average molecular weight is 274 g/mol. The van der Waals surface area contributed by atoms with Crippen molar-refractivity contribution in [2.24, 2.45) is 0 Å². The van der Waals surface area contributed by atoms with Gasteiger partial charge in [0.1, 0.15) is 0 Å². The maximum Gasteiger partial charge on any atom is 0.239 e. The van der Waals surface area contributed by atoms with Gasteiger partial charge >= 0.3 is 0 Å². The molecule has 1 unspecified atom stereocenters. The third-order valence-electron chi connectivity index (χ3n) is 2.82. The topological polar surface area (TPSA) is 41.1 Å². The number of carbonyl (C=O) groups is 1. The van der Waals surface area contributed by atoms with Gasteiger partial charge in [0.2, 0.25) is 5.91 Å². The average Bonchev–Trinajstić information content (AvgIpc) is 2.90. The van der Waals surface area contributed by atoms with Crippen molar-refractivity contribution in [1.82, 2.24) is 5.32 Å². The number of aryl methyl sites for hydroxylation is 1. The molecule has 0 saturated carbocycles. The van der Waals surface area contributed by atoms with E-state index < -0.39 is 0 Å². The molecular weight excluding hydrogens is 256 g/mol. The van der Waals surface area contributed by atoms with Crippen LogP contribution < -0.4 is 10.6 Å². The molecule has 1 atom stereocenters. The molecule has 0 spiro atoms. The van der Waals surface area contributed by atoms with Gasteiger partial charge in [0.25, 0.3) is 0 Å². The Bertz CT molecular complexity index is 537. The van der Waals surface area contributed by atoms with Crippen LogP contribution in [0.25, 0.3) is 0 Å². The van der Waals surface area contributed by atoms with Crippen LogP contribution in [0, 0.1) is 6.92 Å². The lowest BCUT2D eigenvalue weighted by Crippen LogP contribution is -2.31. The Balaban J connectivity index is 1.82. The Kier molecular flexibility index (Phi) is 4.58. The number of hydrogen-bond acceptors (Lipinski definition) is 3. The molecule has 2 rings (SSSR count). The Morgan fingerprint density at radius 1 is 1.32 bits per heavy atom. The Morgan fingerprint density at radius 3 is 2.84 bits per heavy atom. The van der Waals surface area contributed by atoms with E-state index in [0.29, 0.717) is 6.54 Å². The molecule has 0 aliphatic heterocycles. The maximum atomic E-state index is 11.8. The molecule has 1 amide bonds. The van der Waals surface area contributed by atoms with E-state index in [1.54, 1.807) is 11.3 Å². The second-order valence-corrected chi connectivity index (χ2v) is 5.51. The van der Waals surface area contributed by atoms with Gasteiger partial charge in [-0.25, -0.2) is 0 Å². The van der Waals surface area contributed by atoms with Gasteiger partial charge in [-0.05, 0) is 43.0 Å². The Labute approximate surface area is 117 Å². The van der Waals surface area contributed by atoms with Crippen LogP contribution in [-0.4, -0.2) is 12.5 Å². The summed E-state index contributed by atoms with van der Waals surface area (Å²) in [6.45, 7) is 4.32. The highest BCUT2D eigenvalue weighted by atomic mass is 32.1. The van der Waals surface area contributed by atoms with Crippen molar-refractivity contribution in [3.05, 3.63) is 52.2 Å². The lowest BCUT2D eigenvalue weighted by atomic mass is 10.2. The number of nitrogens with one attached hydrogen (secondary N) is 2. The van der Waals surface area contributed by atoms with Gasteiger partial charge in [-0.1, -0.05) is 18.2 Å². The number of anilines is 1. The van der Waals surface area contributed by atoms with Crippen LogP contribution in [0.5, 0.6) is 0 Å². The molecule has 1 aromatic heterocycles. The minimum absolute atomic E-state index is 0.00223. The fourth-order valence-electron chi connectivity index (χ4n) is 1.84. The Hall–Kier alpha value is -1.81. The predicted molar refractivity (Wildman–Crippen MR) is 80.5 cm³/mol. The summed E-state index contributed by atoms with van der Waals surface area (Å²) in [5, 5.41) is 8.12. The minimum atomic E-state index is 0.00223. The van der Waals surface area contributed by atoms with E-state index in [1.807, 2.05) is 55.6 Å². The summed E-state index contributed by atoms with van der Waals surface area (Å²) in [7, 11) is 0. The summed E-state index contributed by atoms with van der Waals surface area (Å²) < 4.78 is 0. The highest BCUT2D eigenvalue weighted by Crippen LogP contribution is 2.17. The highest BCUT2D eigenvalue weighted by molar-refractivity contribution is 7.10. The highest BCUT2D eigenvalue weighted by Gasteiger charge is 2.09. The fourth-order valence-corrected chi connectivity index (χ4v) is 2.57. The molecular formula is C15H18N2OS. The third-order valence-corrected chi connectivity index (χ3v) is 3.87. The van der Waals surface area contributed by atoms with Crippen molar-refractivity contribution < 1.29 is 4.79 Å². The molecule has 0 radical (unpaired) electrons. The van der Waals surface area contributed by atoms with Crippen molar-refractivity contribution in [3.8, 4) is 0 Å². The zero-order chi connectivity index (χ0) is 13.7. The second-order valence-electron chi connectivity index (χ2n) is 4.53. The summed E-state index contributed by atoms with van der Waals surface area (Å²) in [4.78, 5) is 13.0. The van der Waals surface area contributed by atoms with Gasteiger partial charge in [-0.3, -0.25) is 4.79 Å². The van der Waals surface area contributed by atoms with E-state index in [9.17, 15) is 4.79 Å². The minimum Gasteiger partial charge on any atom is -0.376 e. The number of rotatable bonds is 5. The van der Waals surface area contributed by atoms with Crippen molar-refractivity contribution in [3.63, 3.8) is 0 Å². The van der Waals surface area contributed by atoms with E-state index in [-0.39, 0.29) is 11.9 Å². The Morgan fingerprint density at radius 2 is 2.16 bits per heavy atom. The van der Waals surface area contributed by atoms with Crippen LogP contribution in [0.1, 0.15) is 23.4 Å². The summed E-state index contributed by atoms with van der Waals surface area (Å²) >= 11 is 1.65. The number of benzene rings is 1. The van der Waals surface area contributed by atoms with E-state index in [2.05, 4.69) is 10.6 Å². The van der Waals surface area contributed by atoms with Gasteiger partial charge in [0.05, 0.1) is 12.6 Å². The molecule has 100 valence electrons. The van der Waals surface area contributed by atoms with Crippen molar-refractivity contribution in [2.45, 2.75) is 19.9 Å². The molecule has 2 N–H and O–H groups in total. The molecule has 0 saturated heterocycles. The predicted octanol–water partition coefficient (Wildman–Crippen LogP) is 3.35. The normalized spacial score (nSPS) is 11.9. The van der Waals surface area contributed by atoms with Gasteiger partial charge in [0.15, 0.2) is 0 Å². The van der Waals surface area contributed by atoms with Crippen LogP contribution in [0.2, 0.25) is 0 Å². The maximum absolute atomic E-state index is 11.8. The molecule has 0 aliphatic carbocycles. The van der Waals surface area contributed by atoms with Gasteiger partial charge < -0.3 is 10.6 Å². The lowest BCUT2D eigenvalue weighted by molar-refractivity contribution is -0.120. The molecule has 0 aliphatic rings. The molecule has 0 bridgehead atoms. The summed E-state index contributed by atoms with van der Waals surface area (Å²) in [5.74, 6) is 0.00223. The fraction of sp³-hybridized carbons (Fsp3) is 0.267. The smallest absolute Gasteiger partial charge is 0.239 e. The standard InChI is InChI=1S/C15H18N2OS/c1-11-5-3-6-13(9-11)16-10-15(18)17-12(2)14-7-4-8-19-14/h3-9,12,16H,10H2,1-2H3,(H,17,18). The number of amides is 1. The first kappa shape index (κ1) is 13.6. The summed E-state index contributed by atoms with van der Waals surface area (Å²) in [6, 6.07) is 12.1. The second kappa shape index (κ2) is 6.38. The first-order valence-electron chi connectivity index (χ1n) is 6.28. The largest absolute Gasteiger partial charge is 0.376 e. The van der Waals surface area contributed by atoms with Crippen LogP contribution in [-0.2, 0) is 4.79 Å². The van der Waals surface area contributed by atoms with Gasteiger partial charge in [-0.2, -0.15) is 0 Å². The summed E-state index contributed by atoms with van der Waals surface area (Å²) in [6.07, 6.45) is 0. The zero-order valence-electron chi connectivity index (χ0n) is 11.1. The van der Waals surface area contributed by atoms with Crippen molar-refractivity contribution >= 4 is 22.9 Å². The van der Waals surface area contributed by atoms with Crippen LogP contribution in [0.4, 0.5) is 5.69 Å². The first-order valence-corrected chi connectivity index (χ1v) is 7.16. The van der Waals surface area contributed by atoms with Crippen LogP contribution in [0.3, 0.4) is 0 Å². The molecule has 2 aromatic rings. The molecule has 1 aromatic carbocycles. The van der Waals surface area contributed by atoms with E-state index >= 15 is 0 Å². The number of hydrogen-bond donors (Lipinski definition) is 2. The van der Waals surface area contributed by atoms with Crippen molar-refractivity contribution in [2.75, 3.05) is 11.9 Å². The van der Waals surface area contributed by atoms with Gasteiger partial charge in [0, 0.05) is 10.6 Å². The lowest BCUT2D eigenvalue weighted by Gasteiger charge is -2.13. The monoisotopic (exact) mass is 274 g/mol. The van der Waals surface area contributed by atoms with Crippen LogP contribution >= 0.6 is 11.3 Å². The first-order chi connectivity index (χ1) is 9.15. The van der Waals surface area contributed by atoms with Crippen LogP contribution in [0.15, 0.2) is 41.8 Å².